The van der Waals surface area contributed by atoms with E-state index in [0.717, 1.165) is 0 Å². The number of nitrogens with two attached hydrogens (primary N) is 1. The Morgan fingerprint density at radius 3 is 2.74 bits per heavy atom. The zero-order valence-corrected chi connectivity index (χ0v) is 11.4. The molecule has 1 aromatic heterocycles. The van der Waals surface area contributed by atoms with E-state index in [2.05, 4.69) is 15.2 Å². The van der Waals surface area contributed by atoms with Gasteiger partial charge in [0.25, 0.3) is 0 Å². The average molecular weight is 301 g/mol. The van der Waals surface area contributed by atoms with Crippen molar-refractivity contribution in [2.45, 2.75) is 13.2 Å². The summed E-state index contributed by atoms with van der Waals surface area (Å²) in [5.74, 6) is 0.397. The van der Waals surface area contributed by atoms with E-state index in [-0.39, 0.29) is 6.61 Å². The molecular formula is C11H12Cl2N5O+. The van der Waals surface area contributed by atoms with E-state index in [1.165, 1.54) is 6.33 Å². The van der Waals surface area contributed by atoms with Gasteiger partial charge in [-0.2, -0.15) is 5.10 Å². The molecule has 0 fully saturated rings. The van der Waals surface area contributed by atoms with Crippen LogP contribution in [0.3, 0.4) is 0 Å². The van der Waals surface area contributed by atoms with E-state index < -0.39 is 0 Å². The molecule has 1 heterocycles. The highest BCUT2D eigenvalue weighted by atomic mass is 35.5. The smallest absolute Gasteiger partial charge is 0.301 e. The SMILES string of the molecule is NC(Cn1cncn1)=[NH+]OCc1c(Cl)cccc1Cl. The number of nitrogens with one attached hydrogen (secondary N) is 1. The summed E-state index contributed by atoms with van der Waals surface area (Å²) in [6.07, 6.45) is 2.98. The van der Waals surface area contributed by atoms with Crippen LogP contribution >= 0.6 is 23.2 Å². The van der Waals surface area contributed by atoms with Crippen LogP contribution in [-0.4, -0.2) is 20.6 Å². The first-order valence-electron chi connectivity index (χ1n) is 5.41. The predicted molar refractivity (Wildman–Crippen MR) is 71.4 cm³/mol. The molecule has 0 saturated carbocycles. The molecule has 100 valence electrons. The first kappa shape index (κ1) is 13.6. The summed E-state index contributed by atoms with van der Waals surface area (Å²) in [6.45, 7) is 0.562. The lowest BCUT2D eigenvalue weighted by Crippen LogP contribution is -2.75. The Morgan fingerprint density at radius 2 is 2.11 bits per heavy atom. The fraction of sp³-hybridized carbons (Fsp3) is 0.182. The van der Waals surface area contributed by atoms with E-state index in [9.17, 15) is 0 Å². The van der Waals surface area contributed by atoms with Gasteiger partial charge >= 0.3 is 5.84 Å². The van der Waals surface area contributed by atoms with Crippen LogP contribution in [0.15, 0.2) is 30.9 Å². The lowest BCUT2D eigenvalue weighted by molar-refractivity contribution is -0.760. The van der Waals surface area contributed by atoms with Crippen molar-refractivity contribution >= 4 is 29.0 Å². The molecule has 1 aromatic carbocycles. The van der Waals surface area contributed by atoms with Crippen molar-refractivity contribution in [3.63, 3.8) is 0 Å². The third-order valence-electron chi connectivity index (χ3n) is 2.28. The highest BCUT2D eigenvalue weighted by Crippen LogP contribution is 2.24. The zero-order chi connectivity index (χ0) is 13.7. The Bertz CT molecular complexity index is 550. The lowest BCUT2D eigenvalue weighted by atomic mass is 10.2. The van der Waals surface area contributed by atoms with Crippen molar-refractivity contribution in [1.82, 2.24) is 14.8 Å². The summed E-state index contributed by atoms with van der Waals surface area (Å²) in [5.41, 5.74) is 6.43. The fourth-order valence-electron chi connectivity index (χ4n) is 1.39. The van der Waals surface area contributed by atoms with Gasteiger partial charge in [-0.15, -0.1) is 0 Å². The third-order valence-corrected chi connectivity index (χ3v) is 2.99. The maximum atomic E-state index is 6.01. The number of hydrogen-bond donors (Lipinski definition) is 2. The van der Waals surface area contributed by atoms with Crippen LogP contribution < -0.4 is 10.9 Å². The summed E-state index contributed by atoms with van der Waals surface area (Å²) in [6, 6.07) is 5.26. The van der Waals surface area contributed by atoms with E-state index in [1.807, 2.05) is 0 Å². The van der Waals surface area contributed by atoms with Crippen LogP contribution in [-0.2, 0) is 18.0 Å². The first-order valence-corrected chi connectivity index (χ1v) is 6.17. The van der Waals surface area contributed by atoms with Crippen LogP contribution in [0.5, 0.6) is 0 Å². The largest absolute Gasteiger partial charge is 0.338 e. The lowest BCUT2D eigenvalue weighted by Gasteiger charge is -2.04. The van der Waals surface area contributed by atoms with Crippen molar-refractivity contribution in [2.24, 2.45) is 5.73 Å². The molecule has 0 radical (unpaired) electrons. The summed E-state index contributed by atoms with van der Waals surface area (Å²) >= 11 is 12.0. The van der Waals surface area contributed by atoms with Gasteiger partial charge in [0.1, 0.15) is 19.2 Å². The molecule has 19 heavy (non-hydrogen) atoms. The van der Waals surface area contributed by atoms with E-state index in [4.69, 9.17) is 33.8 Å². The Kier molecular flexibility index (Phi) is 4.59. The second-order valence-electron chi connectivity index (χ2n) is 3.71. The molecule has 0 amide bonds. The normalized spacial score (nSPS) is 11.6. The van der Waals surface area contributed by atoms with Gasteiger partial charge in [0, 0.05) is 15.6 Å². The van der Waals surface area contributed by atoms with Crippen LogP contribution in [0.2, 0.25) is 10.0 Å². The maximum Gasteiger partial charge on any atom is 0.301 e. The standard InChI is InChI=1S/C11H11Cl2N5O/c12-9-2-1-3-10(13)8(9)5-19-17-11(14)4-18-7-15-6-16-18/h1-3,6-7H,4-5H2,(H2,14,17)/p+1. The third kappa shape index (κ3) is 3.84. The molecule has 0 saturated heterocycles. The maximum absolute atomic E-state index is 6.01. The molecule has 0 atom stereocenters. The highest BCUT2D eigenvalue weighted by Gasteiger charge is 2.07. The van der Waals surface area contributed by atoms with Gasteiger partial charge in [-0.3, -0.25) is 5.73 Å². The molecule has 8 heteroatoms. The first-order chi connectivity index (χ1) is 9.16. The second-order valence-corrected chi connectivity index (χ2v) is 4.52. The van der Waals surface area contributed by atoms with Crippen LogP contribution in [0.25, 0.3) is 0 Å². The number of rotatable bonds is 5. The van der Waals surface area contributed by atoms with Gasteiger partial charge in [0.05, 0.1) is 0 Å². The molecule has 2 aromatic rings. The summed E-state index contributed by atoms with van der Waals surface area (Å²) < 4.78 is 1.56. The minimum atomic E-state index is 0.205. The van der Waals surface area contributed by atoms with E-state index in [1.54, 1.807) is 29.2 Å². The van der Waals surface area contributed by atoms with Gasteiger partial charge in [-0.05, 0) is 12.1 Å². The van der Waals surface area contributed by atoms with E-state index >= 15 is 0 Å². The quantitative estimate of drug-likeness (QED) is 0.468. The van der Waals surface area contributed by atoms with Crippen molar-refractivity contribution < 1.29 is 9.99 Å². The number of hydrogen-bond acceptors (Lipinski definition) is 3. The van der Waals surface area contributed by atoms with Gasteiger partial charge < -0.3 is 4.84 Å². The molecule has 3 N–H and O–H groups in total. The zero-order valence-electron chi connectivity index (χ0n) is 9.88. The van der Waals surface area contributed by atoms with Crippen molar-refractivity contribution in [3.8, 4) is 0 Å². The monoisotopic (exact) mass is 300 g/mol. The minimum absolute atomic E-state index is 0.205. The summed E-state index contributed by atoms with van der Waals surface area (Å²) in [7, 11) is 0. The van der Waals surface area contributed by atoms with Gasteiger partial charge in [0.2, 0.25) is 0 Å². The number of aromatic nitrogens is 3. The molecule has 6 nitrogen and oxygen atoms in total. The average Bonchev–Trinajstić information content (AvgIpc) is 2.85. The van der Waals surface area contributed by atoms with Crippen LogP contribution in [0.4, 0.5) is 0 Å². The summed E-state index contributed by atoms with van der Waals surface area (Å²) in [4.78, 5) is 9.06. The molecular weight excluding hydrogens is 289 g/mol. The van der Waals surface area contributed by atoms with Crippen molar-refractivity contribution in [3.05, 3.63) is 46.5 Å². The van der Waals surface area contributed by atoms with Crippen LogP contribution in [0, 0.1) is 0 Å². The fourth-order valence-corrected chi connectivity index (χ4v) is 1.90. The highest BCUT2D eigenvalue weighted by molar-refractivity contribution is 6.35. The van der Waals surface area contributed by atoms with Gasteiger partial charge in [-0.25, -0.2) is 9.67 Å². The minimum Gasteiger partial charge on any atom is -0.338 e. The molecule has 0 aliphatic rings. The molecule has 2 rings (SSSR count). The van der Waals surface area contributed by atoms with E-state index in [0.29, 0.717) is 28.0 Å². The molecule has 0 spiro atoms. The topological polar surface area (TPSA) is 79.9 Å². The number of benzene rings is 1. The molecule has 0 bridgehead atoms. The summed E-state index contributed by atoms with van der Waals surface area (Å²) in [5, 5.41) is 7.62. The van der Waals surface area contributed by atoms with Gasteiger partial charge in [0.15, 0.2) is 6.61 Å². The molecule has 0 aliphatic carbocycles. The molecule has 0 unspecified atom stereocenters. The van der Waals surface area contributed by atoms with Crippen molar-refractivity contribution in [1.29, 1.82) is 0 Å². The second kappa shape index (κ2) is 6.40. The van der Waals surface area contributed by atoms with Crippen molar-refractivity contribution in [2.75, 3.05) is 0 Å². The Morgan fingerprint density at radius 1 is 1.37 bits per heavy atom. The van der Waals surface area contributed by atoms with Crippen LogP contribution in [0.1, 0.15) is 5.56 Å². The number of nitrogens with zero attached hydrogens (tertiary/aromatic N) is 3. The Hall–Kier alpha value is -1.79. The number of amidine groups is 1. The predicted octanol–water partition coefficient (Wildman–Crippen LogP) is 0.155. The Labute approximate surface area is 119 Å². The number of halogens is 2. The molecule has 0 aliphatic heterocycles. The van der Waals surface area contributed by atoms with Gasteiger partial charge in [-0.1, -0.05) is 34.4 Å². The Balaban J connectivity index is 1.92.